The molecule has 0 atom stereocenters. The Morgan fingerprint density at radius 2 is 2.00 bits per heavy atom. The molecule has 2 heterocycles. The molecule has 2 N–H and O–H groups in total. The summed E-state index contributed by atoms with van der Waals surface area (Å²) in [5, 5.41) is 9.04. The Labute approximate surface area is 116 Å². The van der Waals surface area contributed by atoms with Gasteiger partial charge in [0.05, 0.1) is 17.5 Å². The van der Waals surface area contributed by atoms with Crippen LogP contribution >= 0.6 is 0 Å². The van der Waals surface area contributed by atoms with E-state index >= 15 is 0 Å². The first-order chi connectivity index (χ1) is 9.49. The number of hydrogen-bond donors (Lipinski definition) is 2. The number of amides is 2. The van der Waals surface area contributed by atoms with Crippen molar-refractivity contribution in [2.75, 3.05) is 19.4 Å². The molecule has 0 unspecified atom stereocenters. The number of carbonyl (C=O) groups is 2. The lowest BCUT2D eigenvalue weighted by Crippen LogP contribution is -2.23. The number of aromatic nitrogens is 3. The van der Waals surface area contributed by atoms with Gasteiger partial charge in [0.2, 0.25) is 0 Å². The fraction of sp³-hybridized carbons (Fsp3) is 0.231. The normalized spacial score (nSPS) is 10.2. The molecule has 104 valence electrons. The van der Waals surface area contributed by atoms with Crippen molar-refractivity contribution in [3.63, 3.8) is 0 Å². The van der Waals surface area contributed by atoms with E-state index in [1.807, 2.05) is 0 Å². The highest BCUT2D eigenvalue weighted by atomic mass is 16.2. The lowest BCUT2D eigenvalue weighted by Gasteiger charge is -2.11. The fourth-order valence-electron chi connectivity index (χ4n) is 1.66. The molecule has 0 bridgehead atoms. The van der Waals surface area contributed by atoms with Gasteiger partial charge < -0.3 is 10.2 Å². The number of nitrogens with zero attached hydrogens (tertiary/aromatic N) is 3. The molecule has 2 rings (SSSR count). The van der Waals surface area contributed by atoms with Crippen LogP contribution in [0, 0.1) is 6.92 Å². The molecule has 0 fully saturated rings. The fourth-order valence-corrected chi connectivity index (χ4v) is 1.66. The van der Waals surface area contributed by atoms with Gasteiger partial charge in [-0.1, -0.05) is 0 Å². The third kappa shape index (κ3) is 2.82. The van der Waals surface area contributed by atoms with Crippen LogP contribution in [0.1, 0.15) is 26.5 Å². The zero-order chi connectivity index (χ0) is 14.7. The number of aromatic amines is 1. The molecule has 7 nitrogen and oxygen atoms in total. The van der Waals surface area contributed by atoms with Crippen molar-refractivity contribution < 1.29 is 9.59 Å². The number of anilines is 1. The average Bonchev–Trinajstić information content (AvgIpc) is 2.90. The van der Waals surface area contributed by atoms with Gasteiger partial charge in [0, 0.05) is 20.2 Å². The highest BCUT2D eigenvalue weighted by Crippen LogP contribution is 2.11. The van der Waals surface area contributed by atoms with Crippen molar-refractivity contribution in [3.8, 4) is 0 Å². The number of aryl methyl sites for hydroxylation is 1. The summed E-state index contributed by atoms with van der Waals surface area (Å²) in [7, 11) is 3.30. The smallest absolute Gasteiger partial charge is 0.271 e. The minimum Gasteiger partial charge on any atom is -0.343 e. The van der Waals surface area contributed by atoms with Gasteiger partial charge in [-0.2, -0.15) is 5.10 Å². The summed E-state index contributed by atoms with van der Waals surface area (Å²) in [5.74, 6) is -0.000396. The van der Waals surface area contributed by atoms with Crippen LogP contribution in [-0.2, 0) is 0 Å². The Kier molecular flexibility index (Phi) is 3.79. The van der Waals surface area contributed by atoms with E-state index in [0.29, 0.717) is 22.8 Å². The number of carbonyl (C=O) groups excluding carboxylic acids is 2. The molecule has 0 radical (unpaired) electrons. The molecule has 2 aromatic heterocycles. The molecule has 0 aromatic carbocycles. The zero-order valence-electron chi connectivity index (χ0n) is 11.5. The number of nitrogens with one attached hydrogen (secondary N) is 2. The molecule has 0 saturated heterocycles. The topological polar surface area (TPSA) is 91.0 Å². The predicted molar refractivity (Wildman–Crippen MR) is 73.5 cm³/mol. The molecule has 0 saturated carbocycles. The maximum absolute atomic E-state index is 12.1. The van der Waals surface area contributed by atoms with Gasteiger partial charge in [-0.3, -0.25) is 14.7 Å². The van der Waals surface area contributed by atoms with Gasteiger partial charge in [0.15, 0.2) is 0 Å². The molecular weight excluding hydrogens is 258 g/mol. The molecule has 0 aliphatic heterocycles. The molecule has 7 heteroatoms. The Balaban J connectivity index is 2.21. The van der Waals surface area contributed by atoms with Gasteiger partial charge in [-0.15, -0.1) is 0 Å². The number of pyridine rings is 1. The van der Waals surface area contributed by atoms with Gasteiger partial charge in [-0.05, 0) is 19.1 Å². The summed E-state index contributed by atoms with van der Waals surface area (Å²) in [6.07, 6.45) is 1.54. The number of H-pyrrole nitrogens is 1. The van der Waals surface area contributed by atoms with E-state index in [2.05, 4.69) is 20.5 Å². The summed E-state index contributed by atoms with van der Waals surface area (Å²) in [5.41, 5.74) is 1.22. The van der Waals surface area contributed by atoms with Crippen LogP contribution in [-0.4, -0.2) is 46.0 Å². The number of rotatable bonds is 3. The van der Waals surface area contributed by atoms with E-state index in [1.54, 1.807) is 39.3 Å². The Hall–Kier alpha value is -2.70. The Bertz CT molecular complexity index is 634. The van der Waals surface area contributed by atoms with Crippen molar-refractivity contribution in [1.82, 2.24) is 20.1 Å². The Morgan fingerprint density at radius 3 is 2.55 bits per heavy atom. The standard InChI is InChI=1S/C13H15N5O2/c1-8-9(12(19)16-11-6-7-14-17-11)4-5-10(15-8)13(20)18(2)3/h4-7H,1-3H3,(H2,14,16,17,19). The molecule has 2 amide bonds. The molecule has 0 aliphatic carbocycles. The molecule has 2 aromatic rings. The maximum Gasteiger partial charge on any atom is 0.271 e. The summed E-state index contributed by atoms with van der Waals surface area (Å²) in [6.45, 7) is 1.69. The lowest BCUT2D eigenvalue weighted by atomic mass is 10.1. The van der Waals surface area contributed by atoms with Crippen LogP contribution in [0.3, 0.4) is 0 Å². The van der Waals surface area contributed by atoms with Crippen LogP contribution in [0.4, 0.5) is 5.82 Å². The van der Waals surface area contributed by atoms with E-state index in [0.717, 1.165) is 0 Å². The van der Waals surface area contributed by atoms with E-state index in [4.69, 9.17) is 0 Å². The first-order valence-corrected chi connectivity index (χ1v) is 5.99. The predicted octanol–water partition coefficient (Wildman–Crippen LogP) is 1.07. The lowest BCUT2D eigenvalue weighted by molar-refractivity contribution is 0.0821. The van der Waals surface area contributed by atoms with Gasteiger partial charge >= 0.3 is 0 Å². The SMILES string of the molecule is Cc1nc(C(=O)N(C)C)ccc1C(=O)Nc1ccn[nH]1. The number of hydrogen-bond acceptors (Lipinski definition) is 4. The monoisotopic (exact) mass is 273 g/mol. The van der Waals surface area contributed by atoms with Crippen molar-refractivity contribution in [2.24, 2.45) is 0 Å². The van der Waals surface area contributed by atoms with Crippen LogP contribution in [0.25, 0.3) is 0 Å². The van der Waals surface area contributed by atoms with Crippen LogP contribution in [0.15, 0.2) is 24.4 Å². The molecule has 0 spiro atoms. The third-order valence-electron chi connectivity index (χ3n) is 2.70. The first kappa shape index (κ1) is 13.7. The first-order valence-electron chi connectivity index (χ1n) is 5.99. The quantitative estimate of drug-likeness (QED) is 0.875. The van der Waals surface area contributed by atoms with Gasteiger partial charge in [0.25, 0.3) is 11.8 Å². The van der Waals surface area contributed by atoms with Gasteiger partial charge in [0.1, 0.15) is 11.5 Å². The largest absolute Gasteiger partial charge is 0.343 e. The third-order valence-corrected chi connectivity index (χ3v) is 2.70. The van der Waals surface area contributed by atoms with Crippen LogP contribution in [0.5, 0.6) is 0 Å². The highest BCUT2D eigenvalue weighted by molar-refractivity contribution is 6.05. The maximum atomic E-state index is 12.1. The molecule has 0 aliphatic rings. The van der Waals surface area contributed by atoms with E-state index < -0.39 is 0 Å². The van der Waals surface area contributed by atoms with Crippen LogP contribution < -0.4 is 5.32 Å². The summed E-state index contributed by atoms with van der Waals surface area (Å²) in [6, 6.07) is 4.77. The second kappa shape index (κ2) is 5.52. The zero-order valence-corrected chi connectivity index (χ0v) is 11.5. The second-order valence-electron chi connectivity index (χ2n) is 4.45. The average molecular weight is 273 g/mol. The minimum absolute atomic E-state index is 0.200. The summed E-state index contributed by atoms with van der Waals surface area (Å²) < 4.78 is 0. The molecular formula is C13H15N5O2. The van der Waals surface area contributed by atoms with Crippen molar-refractivity contribution in [1.29, 1.82) is 0 Å². The van der Waals surface area contributed by atoms with Crippen molar-refractivity contribution in [2.45, 2.75) is 6.92 Å². The van der Waals surface area contributed by atoms with Gasteiger partial charge in [-0.25, -0.2) is 4.98 Å². The highest BCUT2D eigenvalue weighted by Gasteiger charge is 2.15. The summed E-state index contributed by atoms with van der Waals surface area (Å²) in [4.78, 5) is 29.4. The van der Waals surface area contributed by atoms with E-state index in [1.165, 1.54) is 11.0 Å². The Morgan fingerprint density at radius 1 is 1.25 bits per heavy atom. The van der Waals surface area contributed by atoms with E-state index in [-0.39, 0.29) is 11.8 Å². The second-order valence-corrected chi connectivity index (χ2v) is 4.45. The molecule has 20 heavy (non-hydrogen) atoms. The van der Waals surface area contributed by atoms with Crippen molar-refractivity contribution >= 4 is 17.6 Å². The minimum atomic E-state index is -0.303. The summed E-state index contributed by atoms with van der Waals surface area (Å²) >= 11 is 0. The van der Waals surface area contributed by atoms with E-state index in [9.17, 15) is 9.59 Å². The van der Waals surface area contributed by atoms with Crippen LogP contribution in [0.2, 0.25) is 0 Å². The van der Waals surface area contributed by atoms with Crippen molar-refractivity contribution in [3.05, 3.63) is 41.3 Å².